The number of rotatable bonds is 5. The van der Waals surface area contributed by atoms with E-state index < -0.39 is 0 Å². The number of nitrogens with zero attached hydrogens (tertiary/aromatic N) is 3. The fourth-order valence-corrected chi connectivity index (χ4v) is 6.86. The van der Waals surface area contributed by atoms with Crippen molar-refractivity contribution in [1.29, 1.82) is 0 Å². The fraction of sp³-hybridized carbons (Fsp3) is 0.222. The van der Waals surface area contributed by atoms with Gasteiger partial charge in [-0.15, -0.1) is 0 Å². The molecule has 6 rings (SSSR count). The summed E-state index contributed by atoms with van der Waals surface area (Å²) in [6.45, 7) is 9.03. The van der Waals surface area contributed by atoms with E-state index in [0.29, 0.717) is 30.1 Å². The number of benzene rings is 4. The molecule has 1 saturated heterocycles. The SMILES string of the molecule is Cc1cccc(CN2C(=O)/C(=C\c3ccc(C(=O)N4CCN(c5cccc(C)c5)[C@H](C)C4)cc3)Sc3ccccc32)c1. The van der Waals surface area contributed by atoms with Crippen molar-refractivity contribution < 1.29 is 9.59 Å². The number of amides is 2. The molecule has 212 valence electrons. The molecule has 42 heavy (non-hydrogen) atoms. The lowest BCUT2D eigenvalue weighted by atomic mass is 10.1. The highest BCUT2D eigenvalue weighted by Gasteiger charge is 2.30. The van der Waals surface area contributed by atoms with Gasteiger partial charge in [-0.25, -0.2) is 0 Å². The lowest BCUT2D eigenvalue weighted by Crippen LogP contribution is -2.53. The second-order valence-corrected chi connectivity index (χ2v) is 12.3. The Morgan fingerprint density at radius 3 is 2.36 bits per heavy atom. The molecule has 0 bridgehead atoms. The average molecular weight is 574 g/mol. The van der Waals surface area contributed by atoms with E-state index in [4.69, 9.17) is 0 Å². The van der Waals surface area contributed by atoms with Crippen LogP contribution in [0.5, 0.6) is 0 Å². The van der Waals surface area contributed by atoms with Gasteiger partial charge in [-0.2, -0.15) is 0 Å². The lowest BCUT2D eigenvalue weighted by Gasteiger charge is -2.41. The van der Waals surface area contributed by atoms with Crippen LogP contribution in [0.3, 0.4) is 0 Å². The first-order valence-electron chi connectivity index (χ1n) is 14.4. The first-order valence-corrected chi connectivity index (χ1v) is 15.3. The van der Waals surface area contributed by atoms with E-state index in [2.05, 4.69) is 74.2 Å². The maximum Gasteiger partial charge on any atom is 0.265 e. The number of piperazine rings is 1. The van der Waals surface area contributed by atoms with Gasteiger partial charge in [0, 0.05) is 41.8 Å². The Morgan fingerprint density at radius 2 is 1.62 bits per heavy atom. The second-order valence-electron chi connectivity index (χ2n) is 11.2. The number of hydrogen-bond donors (Lipinski definition) is 0. The molecule has 1 atom stereocenters. The molecule has 2 heterocycles. The molecule has 0 saturated carbocycles. The van der Waals surface area contributed by atoms with Crippen molar-refractivity contribution in [1.82, 2.24) is 4.90 Å². The van der Waals surface area contributed by atoms with Crippen molar-refractivity contribution in [3.05, 3.63) is 130 Å². The van der Waals surface area contributed by atoms with Crippen LogP contribution in [0.15, 0.2) is 107 Å². The minimum Gasteiger partial charge on any atom is -0.365 e. The van der Waals surface area contributed by atoms with Crippen molar-refractivity contribution >= 4 is 41.0 Å². The Balaban J connectivity index is 1.17. The topological polar surface area (TPSA) is 43.9 Å². The Bertz CT molecular complexity index is 1660. The minimum atomic E-state index is -0.0131. The molecule has 2 aliphatic heterocycles. The Kier molecular flexibility index (Phi) is 7.90. The standard InChI is InChI=1S/C36H35N3O2S/c1-25-8-6-10-29(20-25)24-39-32-12-4-5-13-33(32)42-34(36(39)41)22-28-14-16-30(17-15-28)35(40)37-18-19-38(27(3)23-37)31-11-7-9-26(2)21-31/h4-17,20-22,27H,18-19,23-24H2,1-3H3/b34-22+/t27-/m1/s1. The number of aryl methyl sites for hydroxylation is 2. The molecular weight excluding hydrogens is 538 g/mol. The Morgan fingerprint density at radius 1 is 0.881 bits per heavy atom. The zero-order chi connectivity index (χ0) is 29.2. The van der Waals surface area contributed by atoms with Crippen molar-refractivity contribution in [3.8, 4) is 0 Å². The van der Waals surface area contributed by atoms with Crippen molar-refractivity contribution in [3.63, 3.8) is 0 Å². The Labute approximate surface area is 252 Å². The molecule has 0 radical (unpaired) electrons. The minimum absolute atomic E-state index is 0.0131. The molecule has 0 aromatic heterocycles. The van der Waals surface area contributed by atoms with E-state index in [1.54, 1.807) is 0 Å². The second kappa shape index (κ2) is 11.9. The van der Waals surface area contributed by atoms with Gasteiger partial charge in [-0.05, 0) is 79.9 Å². The van der Waals surface area contributed by atoms with E-state index in [-0.39, 0.29) is 17.9 Å². The van der Waals surface area contributed by atoms with Crippen LogP contribution in [0.2, 0.25) is 0 Å². The highest BCUT2D eigenvalue weighted by Crippen LogP contribution is 2.42. The van der Waals surface area contributed by atoms with E-state index in [9.17, 15) is 9.59 Å². The van der Waals surface area contributed by atoms with Gasteiger partial charge in [0.2, 0.25) is 0 Å². The van der Waals surface area contributed by atoms with E-state index in [1.165, 1.54) is 28.6 Å². The van der Waals surface area contributed by atoms with Crippen LogP contribution in [0.4, 0.5) is 11.4 Å². The lowest BCUT2D eigenvalue weighted by molar-refractivity contribution is -0.114. The number of para-hydroxylation sites is 1. The molecule has 6 heteroatoms. The monoisotopic (exact) mass is 573 g/mol. The van der Waals surface area contributed by atoms with Crippen LogP contribution in [-0.4, -0.2) is 42.4 Å². The normalized spacial score (nSPS) is 17.9. The van der Waals surface area contributed by atoms with Gasteiger partial charge in [0.1, 0.15) is 0 Å². The van der Waals surface area contributed by atoms with Crippen LogP contribution in [0.1, 0.15) is 39.5 Å². The molecule has 0 unspecified atom stereocenters. The Hall–Kier alpha value is -4.29. The third kappa shape index (κ3) is 5.86. The molecule has 0 N–H and O–H groups in total. The molecule has 1 fully saturated rings. The third-order valence-electron chi connectivity index (χ3n) is 7.96. The van der Waals surface area contributed by atoms with Crippen molar-refractivity contribution in [2.75, 3.05) is 29.4 Å². The quantitative estimate of drug-likeness (QED) is 0.235. The maximum atomic E-state index is 13.7. The predicted molar refractivity (Wildman–Crippen MR) is 173 cm³/mol. The van der Waals surface area contributed by atoms with Gasteiger partial charge in [-0.3, -0.25) is 9.59 Å². The van der Waals surface area contributed by atoms with Gasteiger partial charge < -0.3 is 14.7 Å². The summed E-state index contributed by atoms with van der Waals surface area (Å²) in [5.41, 5.74) is 7.22. The molecule has 0 spiro atoms. The number of carbonyl (C=O) groups is 2. The van der Waals surface area contributed by atoms with Gasteiger partial charge in [-0.1, -0.05) is 78.0 Å². The van der Waals surface area contributed by atoms with Gasteiger partial charge in [0.05, 0.1) is 17.1 Å². The molecule has 5 nitrogen and oxygen atoms in total. The van der Waals surface area contributed by atoms with Gasteiger partial charge >= 0.3 is 0 Å². The van der Waals surface area contributed by atoms with E-state index in [0.717, 1.165) is 28.3 Å². The highest BCUT2D eigenvalue weighted by molar-refractivity contribution is 8.04. The number of fused-ring (bicyclic) bond motifs is 1. The summed E-state index contributed by atoms with van der Waals surface area (Å²) in [6, 6.07) is 32.7. The smallest absolute Gasteiger partial charge is 0.265 e. The summed E-state index contributed by atoms with van der Waals surface area (Å²) in [6.07, 6.45) is 1.93. The first-order chi connectivity index (χ1) is 20.4. The number of thioether (sulfide) groups is 1. The van der Waals surface area contributed by atoms with Crippen molar-refractivity contribution in [2.24, 2.45) is 0 Å². The number of hydrogen-bond acceptors (Lipinski definition) is 4. The molecule has 2 amide bonds. The molecular formula is C36H35N3O2S. The first kappa shape index (κ1) is 27.9. The van der Waals surface area contributed by atoms with Gasteiger partial charge in [0.25, 0.3) is 11.8 Å². The van der Waals surface area contributed by atoms with E-state index in [1.807, 2.05) is 64.4 Å². The summed E-state index contributed by atoms with van der Waals surface area (Å²) in [7, 11) is 0. The van der Waals surface area contributed by atoms with Crippen LogP contribution >= 0.6 is 11.8 Å². The van der Waals surface area contributed by atoms with Crippen molar-refractivity contribution in [2.45, 2.75) is 38.3 Å². The van der Waals surface area contributed by atoms with Crippen LogP contribution in [0.25, 0.3) is 6.08 Å². The summed E-state index contributed by atoms with van der Waals surface area (Å²) in [5.74, 6) is 0.0344. The summed E-state index contributed by atoms with van der Waals surface area (Å²) >= 11 is 1.50. The average Bonchev–Trinajstić information content (AvgIpc) is 2.99. The van der Waals surface area contributed by atoms with E-state index >= 15 is 0 Å². The zero-order valence-corrected chi connectivity index (χ0v) is 25.1. The molecule has 4 aromatic carbocycles. The van der Waals surface area contributed by atoms with Gasteiger partial charge in [0.15, 0.2) is 0 Å². The fourth-order valence-electron chi connectivity index (χ4n) is 5.80. The predicted octanol–water partition coefficient (Wildman–Crippen LogP) is 7.33. The maximum absolute atomic E-state index is 13.7. The zero-order valence-electron chi connectivity index (χ0n) is 24.3. The largest absolute Gasteiger partial charge is 0.365 e. The van der Waals surface area contributed by atoms with Crippen LogP contribution in [0, 0.1) is 13.8 Å². The molecule has 4 aromatic rings. The molecule has 2 aliphatic rings. The summed E-state index contributed by atoms with van der Waals surface area (Å²) < 4.78 is 0. The number of anilines is 2. The molecule has 0 aliphatic carbocycles. The van der Waals surface area contributed by atoms with Crippen LogP contribution < -0.4 is 9.80 Å². The number of carbonyl (C=O) groups excluding carboxylic acids is 2. The third-order valence-corrected chi connectivity index (χ3v) is 9.04. The highest BCUT2D eigenvalue weighted by atomic mass is 32.2. The summed E-state index contributed by atoms with van der Waals surface area (Å²) in [5, 5.41) is 0. The summed E-state index contributed by atoms with van der Waals surface area (Å²) in [4.78, 5) is 35.0. The van der Waals surface area contributed by atoms with Crippen LogP contribution in [-0.2, 0) is 11.3 Å².